The first-order valence-corrected chi connectivity index (χ1v) is 2.96. The summed E-state index contributed by atoms with van der Waals surface area (Å²) in [7, 11) is 1.40. The van der Waals surface area contributed by atoms with Crippen molar-refractivity contribution < 1.29 is 19.1 Å². The van der Waals surface area contributed by atoms with Crippen LogP contribution in [0.1, 0.15) is 12.8 Å². The molecule has 0 spiro atoms. The average molecular weight is 144 g/mol. The summed E-state index contributed by atoms with van der Waals surface area (Å²) in [6.07, 6.45) is -0.587. The van der Waals surface area contributed by atoms with Gasteiger partial charge in [0.15, 0.2) is 0 Å². The molecule has 0 N–H and O–H groups in total. The maximum Gasteiger partial charge on any atom is 0.315 e. The van der Waals surface area contributed by atoms with E-state index in [0.717, 1.165) is 0 Å². The first-order valence-electron chi connectivity index (χ1n) is 2.96. The Morgan fingerprint density at radius 3 is 2.80 bits per heavy atom. The molecule has 0 aromatic heterocycles. The zero-order valence-electron chi connectivity index (χ0n) is 5.62. The first kappa shape index (κ1) is 7.21. The summed E-state index contributed by atoms with van der Waals surface area (Å²) in [5, 5.41) is 0. The number of hydrogen-bond donors (Lipinski definition) is 0. The number of hydrogen-bond acceptors (Lipinski definition) is 4. The van der Waals surface area contributed by atoms with Crippen molar-refractivity contribution in [1.29, 1.82) is 0 Å². The molecule has 1 saturated heterocycles. The Kier molecular flexibility index (Phi) is 2.01. The van der Waals surface area contributed by atoms with Crippen molar-refractivity contribution in [2.45, 2.75) is 19.1 Å². The smallest absolute Gasteiger partial charge is 0.315 e. The number of cyclic esters (lactones) is 1. The normalized spacial score (nSPS) is 26.3. The van der Waals surface area contributed by atoms with Crippen LogP contribution < -0.4 is 0 Å². The van der Waals surface area contributed by atoms with Gasteiger partial charge in [-0.1, -0.05) is 0 Å². The second kappa shape index (κ2) is 2.79. The van der Waals surface area contributed by atoms with Gasteiger partial charge in [-0.25, -0.2) is 0 Å². The number of ketones is 1. The van der Waals surface area contributed by atoms with Crippen LogP contribution in [0.5, 0.6) is 0 Å². The van der Waals surface area contributed by atoms with Crippen LogP contribution in [0.4, 0.5) is 0 Å². The Morgan fingerprint density at radius 1 is 1.60 bits per heavy atom. The lowest BCUT2D eigenvalue weighted by atomic mass is 10.2. The number of esters is 1. The lowest BCUT2D eigenvalue weighted by molar-refractivity contribution is -0.183. The Labute approximate surface area is 58.1 Å². The van der Waals surface area contributed by atoms with Gasteiger partial charge in [0.1, 0.15) is 12.2 Å². The average Bonchev–Trinajstić information content (AvgIpc) is 1.85. The molecular formula is C6H8O4. The number of Topliss-reactive ketones (excluding diaryl/α,β-unsaturated/α-hetero) is 1. The Bertz CT molecular complexity index is 147. The second-order valence-electron chi connectivity index (χ2n) is 2.07. The molecule has 1 unspecified atom stereocenters. The molecule has 0 aliphatic carbocycles. The fourth-order valence-corrected chi connectivity index (χ4v) is 0.780. The molecular weight excluding hydrogens is 136 g/mol. The molecule has 0 amide bonds. The Hall–Kier alpha value is -0.900. The highest BCUT2D eigenvalue weighted by Crippen LogP contribution is 2.10. The van der Waals surface area contributed by atoms with E-state index in [1.165, 1.54) is 7.11 Å². The van der Waals surface area contributed by atoms with Gasteiger partial charge in [0.2, 0.25) is 6.29 Å². The molecule has 1 aliphatic heterocycles. The Balaban J connectivity index is 2.50. The number of carbonyl (C=O) groups excluding carboxylic acids is 2. The van der Waals surface area contributed by atoms with Gasteiger partial charge >= 0.3 is 5.97 Å². The summed E-state index contributed by atoms with van der Waals surface area (Å²) in [5.74, 6) is -0.619. The third kappa shape index (κ3) is 1.54. The van der Waals surface area contributed by atoms with Crippen LogP contribution in [0.15, 0.2) is 0 Å². The minimum atomic E-state index is -0.659. The Morgan fingerprint density at radius 2 is 2.30 bits per heavy atom. The number of carbonyl (C=O) groups is 2. The van der Waals surface area contributed by atoms with Crippen LogP contribution in [0.2, 0.25) is 0 Å². The summed E-state index contributed by atoms with van der Waals surface area (Å²) < 4.78 is 9.29. The highest BCUT2D eigenvalue weighted by atomic mass is 16.7. The van der Waals surface area contributed by atoms with Crippen molar-refractivity contribution in [3.63, 3.8) is 0 Å². The van der Waals surface area contributed by atoms with E-state index in [1.807, 2.05) is 0 Å². The largest absolute Gasteiger partial charge is 0.435 e. The van der Waals surface area contributed by atoms with Gasteiger partial charge in [-0.15, -0.1) is 0 Å². The predicted octanol–water partition coefficient (Wildman–Crippen LogP) is -0.135. The molecule has 1 rings (SSSR count). The van der Waals surface area contributed by atoms with Crippen LogP contribution in [0.3, 0.4) is 0 Å². The fraction of sp³-hybridized carbons (Fsp3) is 0.667. The van der Waals surface area contributed by atoms with Gasteiger partial charge < -0.3 is 9.47 Å². The topological polar surface area (TPSA) is 52.6 Å². The van der Waals surface area contributed by atoms with E-state index >= 15 is 0 Å². The van der Waals surface area contributed by atoms with E-state index < -0.39 is 12.3 Å². The van der Waals surface area contributed by atoms with Crippen molar-refractivity contribution in [2.24, 2.45) is 0 Å². The minimum Gasteiger partial charge on any atom is -0.435 e. The molecule has 1 atom stereocenters. The van der Waals surface area contributed by atoms with Gasteiger partial charge in [-0.2, -0.15) is 0 Å². The number of rotatable bonds is 1. The molecule has 0 radical (unpaired) electrons. The van der Waals surface area contributed by atoms with Crippen molar-refractivity contribution in [3.05, 3.63) is 0 Å². The quantitative estimate of drug-likeness (QED) is 0.380. The van der Waals surface area contributed by atoms with Gasteiger partial charge in [0.05, 0.1) is 6.42 Å². The highest BCUT2D eigenvalue weighted by molar-refractivity contribution is 5.97. The zero-order chi connectivity index (χ0) is 7.56. The molecule has 1 heterocycles. The van der Waals surface area contributed by atoms with Crippen LogP contribution in [-0.2, 0) is 19.1 Å². The molecule has 56 valence electrons. The van der Waals surface area contributed by atoms with Crippen LogP contribution >= 0.6 is 0 Å². The van der Waals surface area contributed by atoms with E-state index in [2.05, 4.69) is 9.47 Å². The molecule has 0 saturated carbocycles. The van der Waals surface area contributed by atoms with Gasteiger partial charge in [0.25, 0.3) is 0 Å². The molecule has 10 heavy (non-hydrogen) atoms. The summed E-state index contributed by atoms with van der Waals surface area (Å²) in [6.45, 7) is 0. The highest BCUT2D eigenvalue weighted by Gasteiger charge is 2.25. The van der Waals surface area contributed by atoms with Crippen molar-refractivity contribution in [2.75, 3.05) is 7.11 Å². The zero-order valence-corrected chi connectivity index (χ0v) is 5.62. The maximum absolute atomic E-state index is 10.7. The third-order valence-corrected chi connectivity index (χ3v) is 1.26. The summed E-state index contributed by atoms with van der Waals surface area (Å²) >= 11 is 0. The van der Waals surface area contributed by atoms with E-state index in [0.29, 0.717) is 0 Å². The van der Waals surface area contributed by atoms with Crippen molar-refractivity contribution >= 4 is 11.8 Å². The maximum atomic E-state index is 10.7. The molecule has 1 aliphatic rings. The van der Waals surface area contributed by atoms with Gasteiger partial charge in [-0.05, 0) is 0 Å². The minimum absolute atomic E-state index is 0.111. The standard InChI is InChI=1S/C6H8O4/c1-9-6-3-4(7)2-5(8)10-6/h6H,2-3H2,1H3. The van der Waals surface area contributed by atoms with Crippen LogP contribution in [0, 0.1) is 0 Å². The van der Waals surface area contributed by atoms with Crippen molar-refractivity contribution in [3.8, 4) is 0 Å². The number of ether oxygens (including phenoxy) is 2. The lowest BCUT2D eigenvalue weighted by Crippen LogP contribution is -2.30. The van der Waals surface area contributed by atoms with E-state index in [1.54, 1.807) is 0 Å². The molecule has 4 nitrogen and oxygen atoms in total. The predicted molar refractivity (Wildman–Crippen MR) is 31.1 cm³/mol. The summed E-state index contributed by atoms with van der Waals surface area (Å²) in [4.78, 5) is 21.2. The SMILES string of the molecule is COC1CC(=O)CC(=O)O1. The molecule has 0 bridgehead atoms. The van der Waals surface area contributed by atoms with Crippen LogP contribution in [-0.4, -0.2) is 25.2 Å². The molecule has 4 heteroatoms. The summed E-state index contributed by atoms with van der Waals surface area (Å²) in [5.41, 5.74) is 0. The number of methoxy groups -OCH3 is 1. The third-order valence-electron chi connectivity index (χ3n) is 1.26. The van der Waals surface area contributed by atoms with E-state index in [4.69, 9.17) is 0 Å². The second-order valence-corrected chi connectivity index (χ2v) is 2.07. The van der Waals surface area contributed by atoms with E-state index in [9.17, 15) is 9.59 Å². The first-order chi connectivity index (χ1) is 4.72. The van der Waals surface area contributed by atoms with Crippen LogP contribution in [0.25, 0.3) is 0 Å². The fourth-order valence-electron chi connectivity index (χ4n) is 0.780. The van der Waals surface area contributed by atoms with Gasteiger partial charge in [0, 0.05) is 7.11 Å². The monoisotopic (exact) mass is 144 g/mol. The lowest BCUT2D eigenvalue weighted by Gasteiger charge is -2.19. The van der Waals surface area contributed by atoms with Gasteiger partial charge in [-0.3, -0.25) is 9.59 Å². The molecule has 1 fully saturated rings. The van der Waals surface area contributed by atoms with E-state index in [-0.39, 0.29) is 18.6 Å². The van der Waals surface area contributed by atoms with Crippen molar-refractivity contribution in [1.82, 2.24) is 0 Å². The summed E-state index contributed by atoms with van der Waals surface area (Å²) in [6, 6.07) is 0. The molecule has 0 aromatic rings. The molecule has 0 aromatic carbocycles.